The molecule has 0 aliphatic carbocycles. The van der Waals surface area contributed by atoms with Crippen LogP contribution >= 0.6 is 0 Å². The normalized spacial score (nSPS) is 12.9. The lowest BCUT2D eigenvalue weighted by Gasteiger charge is -2.22. The number of nitrogens with two attached hydrogens (primary N) is 1. The molecule has 0 spiro atoms. The third-order valence-corrected chi connectivity index (χ3v) is 3.59. The van der Waals surface area contributed by atoms with Crippen molar-refractivity contribution in [3.05, 3.63) is 35.4 Å². The van der Waals surface area contributed by atoms with E-state index in [-0.39, 0.29) is 6.04 Å². The number of nitrogens with zero attached hydrogens (tertiary/aromatic N) is 1. The van der Waals surface area contributed by atoms with Crippen molar-refractivity contribution in [2.45, 2.75) is 39.7 Å². The summed E-state index contributed by atoms with van der Waals surface area (Å²) in [5, 5.41) is 0. The van der Waals surface area contributed by atoms with Gasteiger partial charge in [-0.1, -0.05) is 45.0 Å². The second-order valence-corrected chi connectivity index (χ2v) is 4.63. The van der Waals surface area contributed by atoms with Gasteiger partial charge in [0.2, 0.25) is 0 Å². The van der Waals surface area contributed by atoms with Gasteiger partial charge in [-0.3, -0.25) is 11.3 Å². The maximum atomic E-state index is 5.70. The molecule has 0 saturated carbocycles. The fraction of sp³-hybridized carbons (Fsp3) is 0.600. The van der Waals surface area contributed by atoms with Crippen LogP contribution < -0.4 is 11.3 Å². The Bertz CT molecular complexity index is 334. The summed E-state index contributed by atoms with van der Waals surface area (Å²) < 4.78 is 0. The molecular formula is C15H27N3. The van der Waals surface area contributed by atoms with E-state index in [2.05, 4.69) is 55.4 Å². The Morgan fingerprint density at radius 2 is 1.94 bits per heavy atom. The molecule has 1 atom stereocenters. The van der Waals surface area contributed by atoms with Gasteiger partial charge in [-0.15, -0.1) is 0 Å². The minimum atomic E-state index is 0.247. The van der Waals surface area contributed by atoms with Crippen LogP contribution in [0.2, 0.25) is 0 Å². The minimum absolute atomic E-state index is 0.247. The quantitative estimate of drug-likeness (QED) is 0.549. The topological polar surface area (TPSA) is 41.3 Å². The lowest BCUT2D eigenvalue weighted by molar-refractivity contribution is 0.282. The van der Waals surface area contributed by atoms with E-state index in [4.69, 9.17) is 5.84 Å². The van der Waals surface area contributed by atoms with Crippen LogP contribution in [-0.2, 0) is 6.42 Å². The number of rotatable bonds is 8. The molecule has 1 aromatic carbocycles. The second-order valence-electron chi connectivity index (χ2n) is 4.63. The Kier molecular flexibility index (Phi) is 6.94. The average Bonchev–Trinajstić information content (AvgIpc) is 2.44. The van der Waals surface area contributed by atoms with E-state index in [1.54, 1.807) is 0 Å². The Morgan fingerprint density at radius 3 is 2.50 bits per heavy atom. The standard InChI is InChI=1S/C15H27N3/c1-4-13-8-7-9-14(12-13)15(17-16)10-11-18(5-2)6-3/h7-9,12,15,17H,4-6,10-11,16H2,1-3H3. The molecule has 1 rings (SSSR count). The van der Waals surface area contributed by atoms with Crippen LogP contribution in [0.15, 0.2) is 24.3 Å². The van der Waals surface area contributed by atoms with E-state index in [1.165, 1.54) is 11.1 Å². The molecule has 102 valence electrons. The molecule has 0 heterocycles. The van der Waals surface area contributed by atoms with Gasteiger partial charge in [0.15, 0.2) is 0 Å². The molecule has 0 bridgehead atoms. The van der Waals surface area contributed by atoms with Gasteiger partial charge in [-0.25, -0.2) is 0 Å². The maximum absolute atomic E-state index is 5.70. The number of hydrogen-bond donors (Lipinski definition) is 2. The SMILES string of the molecule is CCc1cccc(C(CCN(CC)CC)NN)c1. The van der Waals surface area contributed by atoms with Crippen molar-refractivity contribution in [1.29, 1.82) is 0 Å². The highest BCUT2D eigenvalue weighted by Crippen LogP contribution is 2.18. The van der Waals surface area contributed by atoms with Gasteiger partial charge in [-0.05, 0) is 43.6 Å². The summed E-state index contributed by atoms with van der Waals surface area (Å²) in [4.78, 5) is 2.42. The Balaban J connectivity index is 2.64. The largest absolute Gasteiger partial charge is 0.304 e. The smallest absolute Gasteiger partial charge is 0.0472 e. The molecule has 0 aliphatic heterocycles. The Labute approximate surface area is 111 Å². The van der Waals surface area contributed by atoms with Gasteiger partial charge in [0.25, 0.3) is 0 Å². The minimum Gasteiger partial charge on any atom is -0.304 e. The molecule has 1 aromatic rings. The lowest BCUT2D eigenvalue weighted by Crippen LogP contribution is -2.32. The van der Waals surface area contributed by atoms with Gasteiger partial charge < -0.3 is 4.90 Å². The summed E-state index contributed by atoms with van der Waals surface area (Å²) in [6.45, 7) is 9.86. The molecule has 1 unspecified atom stereocenters. The van der Waals surface area contributed by atoms with Gasteiger partial charge in [0.1, 0.15) is 0 Å². The maximum Gasteiger partial charge on any atom is 0.0472 e. The molecule has 3 nitrogen and oxygen atoms in total. The van der Waals surface area contributed by atoms with E-state index >= 15 is 0 Å². The van der Waals surface area contributed by atoms with Gasteiger partial charge in [-0.2, -0.15) is 0 Å². The fourth-order valence-electron chi connectivity index (χ4n) is 2.23. The van der Waals surface area contributed by atoms with Crippen LogP contribution in [0.5, 0.6) is 0 Å². The van der Waals surface area contributed by atoms with Crippen molar-refractivity contribution < 1.29 is 0 Å². The first-order valence-electron chi connectivity index (χ1n) is 7.02. The summed E-state index contributed by atoms with van der Waals surface area (Å²) >= 11 is 0. The highest BCUT2D eigenvalue weighted by molar-refractivity contribution is 5.26. The molecule has 0 amide bonds. The van der Waals surface area contributed by atoms with Crippen molar-refractivity contribution in [2.24, 2.45) is 5.84 Å². The first kappa shape index (κ1) is 15.2. The van der Waals surface area contributed by atoms with Gasteiger partial charge in [0, 0.05) is 6.04 Å². The van der Waals surface area contributed by atoms with Crippen LogP contribution in [0.3, 0.4) is 0 Å². The third-order valence-electron chi connectivity index (χ3n) is 3.59. The molecule has 0 saturated heterocycles. The summed E-state index contributed by atoms with van der Waals surface area (Å²) in [5.74, 6) is 5.70. The predicted octanol–water partition coefficient (Wildman–Crippen LogP) is 2.49. The third kappa shape index (κ3) is 4.41. The van der Waals surface area contributed by atoms with Crippen LogP contribution in [0.1, 0.15) is 44.4 Å². The molecule has 18 heavy (non-hydrogen) atoms. The fourth-order valence-corrected chi connectivity index (χ4v) is 2.23. The van der Waals surface area contributed by atoms with E-state index in [0.29, 0.717) is 0 Å². The molecule has 0 radical (unpaired) electrons. The number of hydrazine groups is 1. The lowest BCUT2D eigenvalue weighted by atomic mass is 10.0. The van der Waals surface area contributed by atoms with Crippen molar-refractivity contribution in [3.8, 4) is 0 Å². The zero-order valence-electron chi connectivity index (χ0n) is 11.9. The van der Waals surface area contributed by atoms with E-state index < -0.39 is 0 Å². The molecule has 3 N–H and O–H groups in total. The number of aryl methyl sites for hydroxylation is 1. The highest BCUT2D eigenvalue weighted by Gasteiger charge is 2.11. The van der Waals surface area contributed by atoms with Gasteiger partial charge >= 0.3 is 0 Å². The van der Waals surface area contributed by atoms with Gasteiger partial charge in [0.05, 0.1) is 0 Å². The zero-order chi connectivity index (χ0) is 13.4. The first-order chi connectivity index (χ1) is 8.74. The summed E-state index contributed by atoms with van der Waals surface area (Å²) in [5.41, 5.74) is 5.61. The number of benzene rings is 1. The molecule has 0 aromatic heterocycles. The predicted molar refractivity (Wildman–Crippen MR) is 78.3 cm³/mol. The van der Waals surface area contributed by atoms with Crippen LogP contribution in [-0.4, -0.2) is 24.5 Å². The van der Waals surface area contributed by atoms with Crippen LogP contribution in [0.4, 0.5) is 0 Å². The summed E-state index contributed by atoms with van der Waals surface area (Å²) in [6, 6.07) is 8.95. The monoisotopic (exact) mass is 249 g/mol. The summed E-state index contributed by atoms with van der Waals surface area (Å²) in [6.07, 6.45) is 2.12. The summed E-state index contributed by atoms with van der Waals surface area (Å²) in [7, 11) is 0. The van der Waals surface area contributed by atoms with E-state index in [1.807, 2.05) is 0 Å². The van der Waals surface area contributed by atoms with Crippen molar-refractivity contribution >= 4 is 0 Å². The van der Waals surface area contributed by atoms with Crippen LogP contribution in [0, 0.1) is 0 Å². The molecule has 3 heteroatoms. The molecular weight excluding hydrogens is 222 g/mol. The van der Waals surface area contributed by atoms with Crippen molar-refractivity contribution in [1.82, 2.24) is 10.3 Å². The van der Waals surface area contributed by atoms with E-state index in [9.17, 15) is 0 Å². The Hall–Kier alpha value is -0.900. The second kappa shape index (κ2) is 8.25. The number of hydrogen-bond acceptors (Lipinski definition) is 3. The molecule has 0 fully saturated rings. The Morgan fingerprint density at radius 1 is 1.22 bits per heavy atom. The highest BCUT2D eigenvalue weighted by atomic mass is 15.2. The number of nitrogens with one attached hydrogen (secondary N) is 1. The van der Waals surface area contributed by atoms with E-state index in [0.717, 1.165) is 32.5 Å². The van der Waals surface area contributed by atoms with Crippen molar-refractivity contribution in [2.75, 3.05) is 19.6 Å². The average molecular weight is 249 g/mol. The molecule has 0 aliphatic rings. The van der Waals surface area contributed by atoms with Crippen molar-refractivity contribution in [3.63, 3.8) is 0 Å². The van der Waals surface area contributed by atoms with Crippen LogP contribution in [0.25, 0.3) is 0 Å². The first-order valence-corrected chi connectivity index (χ1v) is 7.02. The zero-order valence-corrected chi connectivity index (χ0v) is 11.9.